The van der Waals surface area contributed by atoms with E-state index in [1.54, 1.807) is 0 Å². The van der Waals surface area contributed by atoms with Crippen molar-refractivity contribution in [1.29, 1.82) is 0 Å². The summed E-state index contributed by atoms with van der Waals surface area (Å²) in [5.41, 5.74) is -0.199. The molecular formula is C25H36O6. The summed E-state index contributed by atoms with van der Waals surface area (Å²) in [6.45, 7) is 7.27. The number of ether oxygens (including phenoxy) is 5. The van der Waals surface area contributed by atoms with Gasteiger partial charge in [0.1, 0.15) is 6.10 Å². The molecule has 2 spiro atoms. The Labute approximate surface area is 184 Å². The van der Waals surface area contributed by atoms with Crippen molar-refractivity contribution in [2.24, 2.45) is 40.4 Å². The monoisotopic (exact) mass is 432 g/mol. The van der Waals surface area contributed by atoms with E-state index < -0.39 is 11.2 Å². The van der Waals surface area contributed by atoms with E-state index in [1.165, 1.54) is 12.8 Å². The molecule has 172 valence electrons. The van der Waals surface area contributed by atoms with Gasteiger partial charge in [0.25, 0.3) is 0 Å². The van der Waals surface area contributed by atoms with Crippen LogP contribution in [0.2, 0.25) is 0 Å². The normalized spacial score (nSPS) is 53.8. The molecule has 7 rings (SSSR count). The highest BCUT2D eigenvalue weighted by atomic mass is 16.7. The van der Waals surface area contributed by atoms with Gasteiger partial charge in [-0.25, -0.2) is 0 Å². The molecule has 3 heterocycles. The highest BCUT2D eigenvalue weighted by molar-refractivity contribution is 5.81. The Balaban J connectivity index is 1.23. The van der Waals surface area contributed by atoms with Crippen LogP contribution < -0.4 is 0 Å². The van der Waals surface area contributed by atoms with Crippen LogP contribution in [0, 0.1) is 40.4 Å². The maximum absolute atomic E-state index is 13.6. The maximum atomic E-state index is 13.6. The van der Waals surface area contributed by atoms with Gasteiger partial charge in [-0.1, -0.05) is 6.92 Å². The molecule has 0 N–H and O–H groups in total. The third-order valence-electron chi connectivity index (χ3n) is 11.1. The van der Waals surface area contributed by atoms with Gasteiger partial charge in [0.2, 0.25) is 0 Å². The van der Waals surface area contributed by atoms with Gasteiger partial charge in [-0.05, 0) is 62.2 Å². The molecule has 0 radical (unpaired) electrons. The van der Waals surface area contributed by atoms with Crippen molar-refractivity contribution in [3.8, 4) is 0 Å². The van der Waals surface area contributed by atoms with Crippen LogP contribution in [0.1, 0.15) is 65.2 Å². The molecule has 6 nitrogen and oxygen atoms in total. The Kier molecular flexibility index (Phi) is 3.98. The first kappa shape index (κ1) is 19.7. The summed E-state index contributed by atoms with van der Waals surface area (Å²) in [6.07, 6.45) is 8.54. The second kappa shape index (κ2) is 6.25. The van der Waals surface area contributed by atoms with Gasteiger partial charge in [0, 0.05) is 31.1 Å². The number of hydrogen-bond acceptors (Lipinski definition) is 6. The fourth-order valence-corrected chi connectivity index (χ4v) is 9.89. The largest absolute Gasteiger partial charge is 0.462 e. The number of carbonyl (C=O) groups excluding carboxylic acids is 1. The van der Waals surface area contributed by atoms with Crippen LogP contribution in [0.3, 0.4) is 0 Å². The van der Waals surface area contributed by atoms with Crippen LogP contribution in [-0.4, -0.2) is 50.1 Å². The Morgan fingerprint density at radius 2 is 1.58 bits per heavy atom. The average molecular weight is 433 g/mol. The second-order valence-electron chi connectivity index (χ2n) is 11.9. The van der Waals surface area contributed by atoms with Crippen molar-refractivity contribution in [2.75, 3.05) is 26.4 Å². The van der Waals surface area contributed by atoms with E-state index in [1.807, 2.05) is 0 Å². The van der Waals surface area contributed by atoms with Crippen LogP contribution in [0.25, 0.3) is 0 Å². The van der Waals surface area contributed by atoms with Crippen molar-refractivity contribution in [2.45, 2.75) is 82.9 Å². The van der Waals surface area contributed by atoms with Crippen LogP contribution in [0.5, 0.6) is 0 Å². The lowest BCUT2D eigenvalue weighted by Crippen LogP contribution is -2.60. The average Bonchev–Trinajstić information content (AvgIpc) is 3.51. The van der Waals surface area contributed by atoms with Gasteiger partial charge in [-0.3, -0.25) is 4.79 Å². The van der Waals surface area contributed by atoms with Crippen molar-refractivity contribution in [3.63, 3.8) is 0 Å². The standard InChI is InChI=1S/C25H36O6/c1-22-7-8-24(29-11-12-30-24)13-15(22)3-4-16-17-5-6-19(23(2)27-9-10-28-23)25(17)14-18(20(16)22)31-21(25)26/h15-20H,3-14H2,1-2H3/t15-,16+,17+,18+,19-,20-,22+,25-/m1/s1. The minimum atomic E-state index is -0.634. The molecule has 2 bridgehead atoms. The van der Waals surface area contributed by atoms with Gasteiger partial charge in [0.05, 0.1) is 31.8 Å². The van der Waals surface area contributed by atoms with Gasteiger partial charge in [0.15, 0.2) is 11.6 Å². The maximum Gasteiger partial charge on any atom is 0.313 e. The van der Waals surface area contributed by atoms with E-state index in [0.717, 1.165) is 51.7 Å². The van der Waals surface area contributed by atoms with Crippen LogP contribution in [0.4, 0.5) is 0 Å². The smallest absolute Gasteiger partial charge is 0.313 e. The van der Waals surface area contributed by atoms with Crippen LogP contribution in [0.15, 0.2) is 0 Å². The van der Waals surface area contributed by atoms with Crippen LogP contribution >= 0.6 is 0 Å². The zero-order chi connectivity index (χ0) is 21.1. The van der Waals surface area contributed by atoms with E-state index in [2.05, 4.69) is 13.8 Å². The van der Waals surface area contributed by atoms with Gasteiger partial charge < -0.3 is 23.7 Å². The molecule has 8 atom stereocenters. The molecule has 4 aliphatic carbocycles. The number of rotatable bonds is 1. The number of hydrogen-bond donors (Lipinski definition) is 0. The molecule has 3 aliphatic heterocycles. The van der Waals surface area contributed by atoms with Crippen molar-refractivity contribution in [1.82, 2.24) is 0 Å². The summed E-state index contributed by atoms with van der Waals surface area (Å²) in [4.78, 5) is 13.6. The number of carbonyl (C=O) groups is 1. The van der Waals surface area contributed by atoms with E-state index >= 15 is 0 Å². The molecule has 7 fully saturated rings. The highest BCUT2D eigenvalue weighted by Gasteiger charge is 2.75. The molecule has 0 aromatic heterocycles. The predicted molar refractivity (Wildman–Crippen MR) is 110 cm³/mol. The molecule has 6 heteroatoms. The Bertz CT molecular complexity index is 785. The van der Waals surface area contributed by atoms with E-state index in [9.17, 15) is 4.79 Å². The summed E-state index contributed by atoms with van der Waals surface area (Å²) in [5, 5.41) is 0. The molecule has 7 aliphatic rings. The number of fused-ring (bicyclic) bond motifs is 6. The lowest BCUT2D eigenvalue weighted by atomic mass is 9.44. The molecular weight excluding hydrogens is 396 g/mol. The first-order valence-electron chi connectivity index (χ1n) is 12.7. The minimum Gasteiger partial charge on any atom is -0.462 e. The zero-order valence-corrected chi connectivity index (χ0v) is 18.9. The molecule has 3 saturated heterocycles. The summed E-state index contributed by atoms with van der Waals surface area (Å²) in [5.74, 6) is 1.22. The van der Waals surface area contributed by atoms with Gasteiger partial charge in [-0.2, -0.15) is 0 Å². The van der Waals surface area contributed by atoms with E-state index in [0.29, 0.717) is 36.9 Å². The van der Waals surface area contributed by atoms with E-state index in [-0.39, 0.29) is 29.2 Å². The first-order valence-corrected chi connectivity index (χ1v) is 12.7. The lowest BCUT2D eigenvalue weighted by molar-refractivity contribution is -0.238. The third-order valence-corrected chi connectivity index (χ3v) is 11.1. The summed E-state index contributed by atoms with van der Waals surface area (Å²) < 4.78 is 30.7. The fourth-order valence-electron chi connectivity index (χ4n) is 9.89. The molecule has 31 heavy (non-hydrogen) atoms. The van der Waals surface area contributed by atoms with Crippen molar-refractivity contribution >= 4 is 5.97 Å². The lowest BCUT2D eigenvalue weighted by Gasteiger charge is -2.61. The SMILES string of the molecule is CC1([C@H]2CC[C@H]3[C@@H]4CC[C@@H]5CC6(CC[C@]5(C)[C@H]4[C@@H]4C[C@]23C(=O)O4)OCCO6)OCCO1. The topological polar surface area (TPSA) is 63.2 Å². The second-order valence-corrected chi connectivity index (χ2v) is 11.9. The Morgan fingerprint density at radius 3 is 2.35 bits per heavy atom. The molecule has 0 amide bonds. The fraction of sp³-hybridized carbons (Fsp3) is 0.960. The summed E-state index contributed by atoms with van der Waals surface area (Å²) >= 11 is 0. The zero-order valence-electron chi connectivity index (χ0n) is 18.9. The molecule has 0 unspecified atom stereocenters. The number of esters is 1. The summed E-state index contributed by atoms with van der Waals surface area (Å²) in [7, 11) is 0. The molecule has 4 saturated carbocycles. The van der Waals surface area contributed by atoms with E-state index in [4.69, 9.17) is 23.7 Å². The van der Waals surface area contributed by atoms with Crippen LogP contribution in [-0.2, 0) is 28.5 Å². The third kappa shape index (κ3) is 2.36. The van der Waals surface area contributed by atoms with Gasteiger partial charge >= 0.3 is 5.97 Å². The highest BCUT2D eigenvalue weighted by Crippen LogP contribution is 2.72. The summed E-state index contributed by atoms with van der Waals surface area (Å²) in [6, 6.07) is 0. The quantitative estimate of drug-likeness (QED) is 0.589. The van der Waals surface area contributed by atoms with Crippen molar-refractivity contribution < 1.29 is 28.5 Å². The Morgan fingerprint density at radius 1 is 0.839 bits per heavy atom. The molecule has 0 aromatic rings. The van der Waals surface area contributed by atoms with Gasteiger partial charge in [-0.15, -0.1) is 0 Å². The Hall–Kier alpha value is -0.690. The minimum absolute atomic E-state index is 0.0478. The predicted octanol–water partition coefficient (Wildman–Crippen LogP) is 3.67. The molecule has 0 aromatic carbocycles. The first-order chi connectivity index (χ1) is 14.9. The van der Waals surface area contributed by atoms with Crippen molar-refractivity contribution in [3.05, 3.63) is 0 Å².